The molecule has 0 fully saturated rings. The highest BCUT2D eigenvalue weighted by Gasteiger charge is 1.85. The van der Waals surface area contributed by atoms with Crippen molar-refractivity contribution in [2.24, 2.45) is 0 Å². The third-order valence-corrected chi connectivity index (χ3v) is 1.59. The summed E-state index contributed by atoms with van der Waals surface area (Å²) in [6.07, 6.45) is 2.77. The molecule has 0 atom stereocenters. The van der Waals surface area contributed by atoms with E-state index >= 15 is 0 Å². The van der Waals surface area contributed by atoms with Crippen molar-refractivity contribution < 1.29 is 0 Å². The Morgan fingerprint density at radius 3 is 3.00 bits per heavy atom. The van der Waals surface area contributed by atoms with Crippen LogP contribution >= 0.6 is 21.8 Å². The van der Waals surface area contributed by atoms with Crippen LogP contribution in [0.1, 0.15) is 0 Å². The minimum atomic E-state index is 1.57. The third-order valence-electron chi connectivity index (χ3n) is 0.256. The first-order valence-corrected chi connectivity index (χ1v) is 3.36. The standard InChI is InChI=1S/C2H2NS2/c1-2-4-5-3-1/h2-3H. The first kappa shape index (κ1) is 3.43. The summed E-state index contributed by atoms with van der Waals surface area (Å²) in [7, 11) is 3.22. The molecule has 0 aromatic rings. The number of nitrogens with one attached hydrogen (secondary N) is 1. The summed E-state index contributed by atoms with van der Waals surface area (Å²) < 4.78 is 2.80. The maximum Gasteiger partial charge on any atom is 0.0769 e. The van der Waals surface area contributed by atoms with Gasteiger partial charge in [0.2, 0.25) is 0 Å². The Bertz CT molecular complexity index is 45.6. The van der Waals surface area contributed by atoms with Gasteiger partial charge in [0, 0.05) is 16.4 Å². The van der Waals surface area contributed by atoms with Crippen molar-refractivity contribution in [1.29, 1.82) is 0 Å². The van der Waals surface area contributed by atoms with E-state index in [1.165, 1.54) is 0 Å². The fraction of sp³-hybridized carbons (Fsp3) is 0. The predicted octanol–water partition coefficient (Wildman–Crippen LogP) is 1.16. The van der Waals surface area contributed by atoms with Crippen LogP contribution in [0.5, 0.6) is 0 Å². The van der Waals surface area contributed by atoms with Gasteiger partial charge in [-0.25, -0.2) is 0 Å². The first-order valence-electron chi connectivity index (χ1n) is 1.15. The molecule has 1 aliphatic rings. The van der Waals surface area contributed by atoms with E-state index in [0.717, 1.165) is 0 Å². The van der Waals surface area contributed by atoms with E-state index in [9.17, 15) is 0 Å². The molecule has 0 unspecified atom stereocenters. The second-order valence-corrected chi connectivity index (χ2v) is 2.42. The van der Waals surface area contributed by atoms with Crippen molar-refractivity contribution in [3.8, 4) is 0 Å². The normalized spacial score (nSPS) is 19.2. The number of hydrogen-bond donors (Lipinski definition) is 1. The van der Waals surface area contributed by atoms with Crippen LogP contribution < -0.4 is 4.72 Å². The van der Waals surface area contributed by atoms with Gasteiger partial charge in [-0.05, 0) is 10.8 Å². The minimum Gasteiger partial charge on any atom is -0.318 e. The second kappa shape index (κ2) is 1.62. The zero-order valence-electron chi connectivity index (χ0n) is 2.39. The molecular formula is C2H2NS2. The van der Waals surface area contributed by atoms with Gasteiger partial charge in [0.05, 0.1) is 6.20 Å². The van der Waals surface area contributed by atoms with E-state index in [0.29, 0.717) is 0 Å². The molecule has 5 heavy (non-hydrogen) atoms. The third kappa shape index (κ3) is 0.775. The lowest BCUT2D eigenvalue weighted by Crippen LogP contribution is -1.77. The molecule has 0 saturated carbocycles. The van der Waals surface area contributed by atoms with Crippen LogP contribution in [-0.2, 0) is 0 Å². The summed E-state index contributed by atoms with van der Waals surface area (Å²) in [5.41, 5.74) is 0. The van der Waals surface area contributed by atoms with Crippen molar-refractivity contribution in [3.05, 3.63) is 11.6 Å². The Kier molecular flexibility index (Phi) is 1.11. The SMILES string of the molecule is [C]1=CSSN1. The average Bonchev–Trinajstić information content (AvgIpc) is 1.76. The van der Waals surface area contributed by atoms with Gasteiger partial charge in [0.25, 0.3) is 0 Å². The first-order chi connectivity index (χ1) is 2.50. The number of rotatable bonds is 0. The molecule has 3 heteroatoms. The quantitative estimate of drug-likeness (QED) is 0.366. The Morgan fingerprint density at radius 1 is 1.80 bits per heavy atom. The van der Waals surface area contributed by atoms with Crippen molar-refractivity contribution in [2.45, 2.75) is 0 Å². The highest BCUT2D eigenvalue weighted by atomic mass is 33.1. The molecule has 0 aromatic carbocycles. The summed E-state index contributed by atoms with van der Waals surface area (Å²) in [6, 6.07) is 0. The van der Waals surface area contributed by atoms with Gasteiger partial charge in [-0.3, -0.25) is 0 Å². The van der Waals surface area contributed by atoms with Crippen molar-refractivity contribution >= 4 is 21.8 Å². The summed E-state index contributed by atoms with van der Waals surface area (Å²) in [5.74, 6) is 0. The second-order valence-electron chi connectivity index (χ2n) is 0.544. The summed E-state index contributed by atoms with van der Waals surface area (Å²) in [4.78, 5) is 0. The van der Waals surface area contributed by atoms with E-state index in [2.05, 4.69) is 10.9 Å². The summed E-state index contributed by atoms with van der Waals surface area (Å²) in [6.45, 7) is 0. The molecule has 1 aliphatic heterocycles. The van der Waals surface area contributed by atoms with Crippen LogP contribution in [0.25, 0.3) is 0 Å². The molecule has 0 spiro atoms. The van der Waals surface area contributed by atoms with Gasteiger partial charge in [-0.2, -0.15) is 0 Å². The van der Waals surface area contributed by atoms with Gasteiger partial charge in [0.15, 0.2) is 0 Å². The highest BCUT2D eigenvalue weighted by Crippen LogP contribution is 2.22. The van der Waals surface area contributed by atoms with Crippen molar-refractivity contribution in [2.75, 3.05) is 0 Å². The number of hydrogen-bond acceptors (Lipinski definition) is 3. The van der Waals surface area contributed by atoms with E-state index in [1.54, 1.807) is 21.8 Å². The lowest BCUT2D eigenvalue weighted by Gasteiger charge is -1.74. The monoisotopic (exact) mass is 104 g/mol. The minimum absolute atomic E-state index is 1.57. The zero-order valence-corrected chi connectivity index (χ0v) is 4.03. The Labute approximate surface area is 38.7 Å². The lowest BCUT2D eigenvalue weighted by atomic mass is 11.1. The van der Waals surface area contributed by atoms with Gasteiger partial charge in [0.1, 0.15) is 0 Å². The predicted molar refractivity (Wildman–Crippen MR) is 26.1 cm³/mol. The molecule has 1 N–H and O–H groups in total. The van der Waals surface area contributed by atoms with E-state index in [1.807, 2.05) is 5.41 Å². The zero-order chi connectivity index (χ0) is 3.54. The van der Waals surface area contributed by atoms with Crippen LogP contribution in [0.4, 0.5) is 0 Å². The Morgan fingerprint density at radius 2 is 2.80 bits per heavy atom. The molecule has 1 heterocycles. The largest absolute Gasteiger partial charge is 0.318 e. The molecular weight excluding hydrogens is 102 g/mol. The van der Waals surface area contributed by atoms with Gasteiger partial charge >= 0.3 is 0 Å². The smallest absolute Gasteiger partial charge is 0.0769 e. The van der Waals surface area contributed by atoms with Crippen LogP contribution in [0.3, 0.4) is 0 Å². The van der Waals surface area contributed by atoms with Crippen molar-refractivity contribution in [3.63, 3.8) is 0 Å². The van der Waals surface area contributed by atoms with Crippen LogP contribution in [0.2, 0.25) is 0 Å². The van der Waals surface area contributed by atoms with E-state index in [-0.39, 0.29) is 0 Å². The molecule has 0 saturated heterocycles. The molecule has 1 nitrogen and oxygen atoms in total. The molecule has 1 rings (SSSR count). The van der Waals surface area contributed by atoms with Gasteiger partial charge < -0.3 is 4.72 Å². The highest BCUT2D eigenvalue weighted by molar-refractivity contribution is 8.77. The summed E-state index contributed by atoms with van der Waals surface area (Å²) in [5, 5.41) is 1.88. The lowest BCUT2D eigenvalue weighted by molar-refractivity contribution is 1.39. The topological polar surface area (TPSA) is 12.0 Å². The summed E-state index contributed by atoms with van der Waals surface area (Å²) >= 11 is 0. The van der Waals surface area contributed by atoms with Gasteiger partial charge in [-0.1, -0.05) is 0 Å². The van der Waals surface area contributed by atoms with Crippen LogP contribution in [0.15, 0.2) is 5.41 Å². The van der Waals surface area contributed by atoms with Crippen molar-refractivity contribution in [1.82, 2.24) is 4.72 Å². The Hall–Kier alpha value is 0.240. The molecule has 0 amide bonds. The average molecular weight is 104 g/mol. The molecule has 0 bridgehead atoms. The molecule has 1 radical (unpaired) electrons. The fourth-order valence-corrected chi connectivity index (χ4v) is 1.08. The molecule has 0 aliphatic carbocycles. The van der Waals surface area contributed by atoms with E-state index < -0.39 is 0 Å². The maximum absolute atomic E-state index is 2.80. The van der Waals surface area contributed by atoms with E-state index in [4.69, 9.17) is 0 Å². The molecule has 27 valence electrons. The Balaban J connectivity index is 2.32. The fourth-order valence-electron chi connectivity index (χ4n) is 0.120. The van der Waals surface area contributed by atoms with Crippen LogP contribution in [0, 0.1) is 6.20 Å². The molecule has 0 aromatic heterocycles. The maximum atomic E-state index is 2.80. The van der Waals surface area contributed by atoms with Crippen LogP contribution in [-0.4, -0.2) is 0 Å². The van der Waals surface area contributed by atoms with Gasteiger partial charge in [-0.15, -0.1) is 0 Å².